The number of ether oxygens (including phenoxy) is 2. The van der Waals surface area contributed by atoms with Crippen LogP contribution in [0.15, 0.2) is 18.2 Å². The highest BCUT2D eigenvalue weighted by atomic mass is 35.5. The topological polar surface area (TPSA) is 95.2 Å². The highest BCUT2D eigenvalue weighted by molar-refractivity contribution is 6.32. The third-order valence-electron chi connectivity index (χ3n) is 2.38. The van der Waals surface area contributed by atoms with E-state index in [0.29, 0.717) is 16.5 Å². The molecule has 1 aromatic heterocycles. The smallest absolute Gasteiger partial charge is 0.323 e. The maximum absolute atomic E-state index is 6.06. The lowest BCUT2D eigenvalue weighted by molar-refractivity contribution is 0.222. The Morgan fingerprint density at radius 3 is 2.62 bits per heavy atom. The zero-order valence-electron chi connectivity index (χ0n) is 11.9. The van der Waals surface area contributed by atoms with Crippen molar-refractivity contribution in [2.45, 2.75) is 20.0 Å². The van der Waals surface area contributed by atoms with Crippen molar-refractivity contribution >= 4 is 29.2 Å². The van der Waals surface area contributed by atoms with Crippen LogP contribution in [0.25, 0.3) is 0 Å². The minimum atomic E-state index is -0.0601. The highest BCUT2D eigenvalue weighted by Crippen LogP contribution is 2.28. The van der Waals surface area contributed by atoms with E-state index in [1.165, 1.54) is 0 Å². The molecule has 0 aliphatic carbocycles. The van der Waals surface area contributed by atoms with Gasteiger partial charge in [-0.3, -0.25) is 0 Å². The van der Waals surface area contributed by atoms with E-state index in [9.17, 15) is 0 Å². The van der Waals surface area contributed by atoms with E-state index in [1.807, 2.05) is 13.8 Å². The van der Waals surface area contributed by atoms with E-state index < -0.39 is 0 Å². The van der Waals surface area contributed by atoms with Crippen molar-refractivity contribution in [3.63, 3.8) is 0 Å². The fraction of sp³-hybridized carbons (Fsp3) is 0.308. The maximum Gasteiger partial charge on any atom is 0.323 e. The van der Waals surface area contributed by atoms with Gasteiger partial charge in [0.1, 0.15) is 5.75 Å². The molecule has 2 aromatic rings. The molecule has 0 saturated carbocycles. The van der Waals surface area contributed by atoms with Crippen molar-refractivity contribution in [3.05, 3.63) is 23.2 Å². The summed E-state index contributed by atoms with van der Waals surface area (Å²) in [5.74, 6) is 0.934. The summed E-state index contributed by atoms with van der Waals surface area (Å²) < 4.78 is 10.5. The lowest BCUT2D eigenvalue weighted by atomic mass is 10.3. The molecule has 3 N–H and O–H groups in total. The number of benzene rings is 1. The van der Waals surface area contributed by atoms with Crippen LogP contribution >= 0.6 is 11.6 Å². The average Bonchev–Trinajstić information content (AvgIpc) is 2.37. The van der Waals surface area contributed by atoms with Crippen LogP contribution in [0.5, 0.6) is 11.8 Å². The van der Waals surface area contributed by atoms with Crippen molar-refractivity contribution in [2.24, 2.45) is 0 Å². The first-order valence-electron chi connectivity index (χ1n) is 6.26. The quantitative estimate of drug-likeness (QED) is 0.876. The minimum absolute atomic E-state index is 0.0601. The normalized spacial score (nSPS) is 10.5. The summed E-state index contributed by atoms with van der Waals surface area (Å²) in [6, 6.07) is 5.39. The average molecular weight is 310 g/mol. The first-order valence-corrected chi connectivity index (χ1v) is 6.64. The third kappa shape index (κ3) is 4.09. The Labute approximate surface area is 127 Å². The first-order chi connectivity index (χ1) is 9.97. The molecule has 1 heterocycles. The number of hydrogen-bond donors (Lipinski definition) is 2. The molecule has 0 bridgehead atoms. The van der Waals surface area contributed by atoms with Crippen LogP contribution in [0.4, 0.5) is 17.6 Å². The summed E-state index contributed by atoms with van der Waals surface area (Å²) in [5.41, 5.74) is 6.33. The van der Waals surface area contributed by atoms with Gasteiger partial charge in [0, 0.05) is 5.69 Å². The number of nitrogens with one attached hydrogen (secondary N) is 1. The molecule has 0 fully saturated rings. The number of nitrogen functional groups attached to an aromatic ring is 1. The van der Waals surface area contributed by atoms with Gasteiger partial charge in [0.15, 0.2) is 0 Å². The number of rotatable bonds is 5. The molecule has 21 heavy (non-hydrogen) atoms. The van der Waals surface area contributed by atoms with Crippen molar-refractivity contribution in [1.29, 1.82) is 0 Å². The number of anilines is 3. The van der Waals surface area contributed by atoms with Gasteiger partial charge >= 0.3 is 6.01 Å². The van der Waals surface area contributed by atoms with Crippen LogP contribution in [-0.4, -0.2) is 28.2 Å². The summed E-state index contributed by atoms with van der Waals surface area (Å²) in [6.45, 7) is 3.74. The second kappa shape index (κ2) is 6.45. The number of aromatic nitrogens is 3. The predicted octanol–water partition coefficient (Wildman–Crippen LogP) is 2.65. The number of halogens is 1. The maximum atomic E-state index is 6.06. The van der Waals surface area contributed by atoms with Gasteiger partial charge < -0.3 is 20.5 Å². The third-order valence-corrected chi connectivity index (χ3v) is 2.68. The van der Waals surface area contributed by atoms with E-state index >= 15 is 0 Å². The van der Waals surface area contributed by atoms with Crippen LogP contribution in [0.2, 0.25) is 5.02 Å². The Morgan fingerprint density at radius 1 is 1.24 bits per heavy atom. The summed E-state index contributed by atoms with van der Waals surface area (Å²) in [4.78, 5) is 12.0. The Balaban J connectivity index is 2.22. The largest absolute Gasteiger partial charge is 0.495 e. The molecular weight excluding hydrogens is 294 g/mol. The molecule has 0 unspecified atom stereocenters. The standard InChI is InChI=1S/C13H16ClN5O2/c1-7(2)21-13-18-11(15)17-12(19-13)16-8-4-5-10(20-3)9(14)6-8/h4-7H,1-3H3,(H3,15,16,17,18,19). The molecule has 1 aromatic carbocycles. The molecule has 112 valence electrons. The van der Waals surface area contributed by atoms with Gasteiger partial charge in [-0.15, -0.1) is 0 Å². The van der Waals surface area contributed by atoms with Crippen LogP contribution < -0.4 is 20.5 Å². The van der Waals surface area contributed by atoms with Crippen molar-refractivity contribution in [1.82, 2.24) is 15.0 Å². The van der Waals surface area contributed by atoms with Crippen molar-refractivity contribution in [3.8, 4) is 11.8 Å². The van der Waals surface area contributed by atoms with E-state index in [2.05, 4.69) is 20.3 Å². The summed E-state index contributed by atoms with van der Waals surface area (Å²) in [7, 11) is 1.55. The van der Waals surface area contributed by atoms with Crippen LogP contribution in [0.3, 0.4) is 0 Å². The lowest BCUT2D eigenvalue weighted by Gasteiger charge is -2.11. The summed E-state index contributed by atoms with van der Waals surface area (Å²) >= 11 is 6.06. The van der Waals surface area contributed by atoms with Gasteiger partial charge in [-0.05, 0) is 32.0 Å². The van der Waals surface area contributed by atoms with Gasteiger partial charge in [0.25, 0.3) is 0 Å². The predicted molar refractivity (Wildman–Crippen MR) is 81.3 cm³/mol. The summed E-state index contributed by atoms with van der Waals surface area (Å²) in [6.07, 6.45) is -0.0601. The molecule has 2 rings (SSSR count). The van der Waals surface area contributed by atoms with E-state index in [0.717, 1.165) is 0 Å². The molecule has 0 aliphatic heterocycles. The molecule has 0 atom stereocenters. The Hall–Kier alpha value is -2.28. The Bertz CT molecular complexity index is 636. The molecule has 0 spiro atoms. The summed E-state index contributed by atoms with van der Waals surface area (Å²) in [5, 5.41) is 3.46. The molecule has 7 nitrogen and oxygen atoms in total. The van der Waals surface area contributed by atoms with Gasteiger partial charge in [-0.25, -0.2) is 0 Å². The fourth-order valence-electron chi connectivity index (χ4n) is 1.56. The zero-order valence-corrected chi connectivity index (χ0v) is 12.7. The van der Waals surface area contributed by atoms with Crippen LogP contribution in [-0.2, 0) is 0 Å². The highest BCUT2D eigenvalue weighted by Gasteiger charge is 2.08. The number of nitrogens with zero attached hydrogens (tertiary/aromatic N) is 3. The van der Waals surface area contributed by atoms with Gasteiger partial charge in [-0.1, -0.05) is 11.6 Å². The van der Waals surface area contributed by atoms with Gasteiger partial charge in [0.05, 0.1) is 18.2 Å². The van der Waals surface area contributed by atoms with E-state index in [4.69, 9.17) is 26.8 Å². The zero-order chi connectivity index (χ0) is 15.4. The van der Waals surface area contributed by atoms with Gasteiger partial charge in [-0.2, -0.15) is 15.0 Å². The molecule has 0 saturated heterocycles. The SMILES string of the molecule is COc1ccc(Nc2nc(N)nc(OC(C)C)n2)cc1Cl. The molecule has 0 radical (unpaired) electrons. The monoisotopic (exact) mass is 309 g/mol. The fourth-order valence-corrected chi connectivity index (χ4v) is 1.82. The first kappa shape index (κ1) is 15.1. The van der Waals surface area contributed by atoms with Gasteiger partial charge in [0.2, 0.25) is 11.9 Å². The molecule has 0 aliphatic rings. The van der Waals surface area contributed by atoms with Crippen LogP contribution in [0.1, 0.15) is 13.8 Å². The second-order valence-corrected chi connectivity index (χ2v) is 4.85. The molecular formula is C13H16ClN5O2. The van der Waals surface area contributed by atoms with E-state index in [-0.39, 0.29) is 24.0 Å². The lowest BCUT2D eigenvalue weighted by Crippen LogP contribution is -2.11. The number of methoxy groups -OCH3 is 1. The minimum Gasteiger partial charge on any atom is -0.495 e. The second-order valence-electron chi connectivity index (χ2n) is 4.44. The molecule has 8 heteroatoms. The van der Waals surface area contributed by atoms with Crippen molar-refractivity contribution in [2.75, 3.05) is 18.2 Å². The van der Waals surface area contributed by atoms with Crippen LogP contribution in [0, 0.1) is 0 Å². The Kier molecular flexibility index (Phi) is 4.64. The Morgan fingerprint density at radius 2 is 2.00 bits per heavy atom. The molecule has 0 amide bonds. The number of hydrogen-bond acceptors (Lipinski definition) is 7. The van der Waals surface area contributed by atoms with E-state index in [1.54, 1.807) is 25.3 Å². The number of nitrogens with two attached hydrogens (primary N) is 1. The van der Waals surface area contributed by atoms with Crippen molar-refractivity contribution < 1.29 is 9.47 Å².